The molecule has 0 bridgehead atoms. The Hall–Kier alpha value is -4.86. The fourth-order valence-corrected chi connectivity index (χ4v) is 10.2. The summed E-state index contributed by atoms with van der Waals surface area (Å²) >= 11 is 0. The van der Waals surface area contributed by atoms with E-state index in [0.717, 1.165) is 78.5 Å². The van der Waals surface area contributed by atoms with Crippen molar-refractivity contribution in [2.75, 3.05) is 75.3 Å². The molecule has 8 heteroatoms. The molecule has 4 saturated heterocycles. The number of anilines is 4. The van der Waals surface area contributed by atoms with Crippen LogP contribution in [0.4, 0.5) is 22.7 Å². The first kappa shape index (κ1) is 52.5. The SMILES string of the molecule is CC(C)C1CCN(Cc2ccc(N)cc2)CC1.CC1CCN(Cc2ccc(N)cc2)CC1.CCC1CCN(Cc2ccc(N)cc2)CC1.Nc1ccc(CN2CCC(c3ccccc3)CC2)cc1. The Labute approximate surface area is 412 Å². The average Bonchev–Trinajstić information content (AvgIpc) is 3.37. The summed E-state index contributed by atoms with van der Waals surface area (Å²) in [5.41, 5.74) is 33.2. The zero-order chi connectivity index (χ0) is 48.1. The molecule has 0 saturated carbocycles. The molecule has 4 aliphatic heterocycles. The standard InChI is InChI=1S/C18H22N2.C15H24N2.C14H22N2.C13H20N2/c19-18-8-6-15(7-9-18)14-20-12-10-17(11-13-20)16-4-2-1-3-5-16;1-12(2)14-7-9-17(10-8-14)11-13-3-5-15(16)6-4-13;1-2-12-7-9-16(10-8-12)11-13-3-5-14(15)6-4-13;1-11-6-8-15(9-7-11)10-12-2-4-13(14)5-3-12/h1-9,17H,10-14,19H2;3-6,12,14H,7-11,16H2,1-2H3;3-6,12H,2,7-11,15H2,1H3;2-5,11H,6-10,14H2,1H3. The van der Waals surface area contributed by atoms with Gasteiger partial charge in [-0.05, 0) is 210 Å². The van der Waals surface area contributed by atoms with E-state index in [1.165, 1.54) is 138 Å². The lowest BCUT2D eigenvalue weighted by Gasteiger charge is -2.33. The quantitative estimate of drug-likeness (QED) is 0.0968. The van der Waals surface area contributed by atoms with Gasteiger partial charge in [-0.3, -0.25) is 19.6 Å². The summed E-state index contributed by atoms with van der Waals surface area (Å²) in [6.45, 7) is 23.5. The third-order valence-electron chi connectivity index (χ3n) is 15.1. The molecule has 0 spiro atoms. The topological polar surface area (TPSA) is 117 Å². The van der Waals surface area contributed by atoms with Crippen LogP contribution in [0.3, 0.4) is 0 Å². The van der Waals surface area contributed by atoms with Crippen molar-refractivity contribution in [2.24, 2.45) is 23.7 Å². The molecule has 4 fully saturated rings. The van der Waals surface area contributed by atoms with E-state index < -0.39 is 0 Å². The Morgan fingerprint density at radius 3 is 1.04 bits per heavy atom. The molecule has 4 heterocycles. The summed E-state index contributed by atoms with van der Waals surface area (Å²) in [5, 5.41) is 0. The van der Waals surface area contributed by atoms with Crippen molar-refractivity contribution >= 4 is 22.7 Å². The maximum absolute atomic E-state index is 5.73. The van der Waals surface area contributed by atoms with Gasteiger partial charge in [0.1, 0.15) is 0 Å². The lowest BCUT2D eigenvalue weighted by atomic mass is 9.86. The number of nitrogens with zero attached hydrogens (tertiary/aromatic N) is 4. The molecule has 0 radical (unpaired) electrons. The number of nitrogens with two attached hydrogens (primary N) is 4. The van der Waals surface area contributed by atoms with Crippen LogP contribution in [0.25, 0.3) is 0 Å². The van der Waals surface area contributed by atoms with E-state index in [0.29, 0.717) is 0 Å². The number of likely N-dealkylation sites (tertiary alicyclic amines) is 4. The lowest BCUT2D eigenvalue weighted by molar-refractivity contribution is 0.152. The van der Waals surface area contributed by atoms with Gasteiger partial charge in [0.2, 0.25) is 0 Å². The Morgan fingerprint density at radius 1 is 0.412 bits per heavy atom. The van der Waals surface area contributed by atoms with E-state index in [2.05, 4.69) is 126 Å². The number of benzene rings is 5. The highest BCUT2D eigenvalue weighted by Gasteiger charge is 2.23. The maximum Gasteiger partial charge on any atom is 0.0314 e. The third-order valence-corrected chi connectivity index (χ3v) is 15.1. The average molecular weight is 921 g/mol. The maximum atomic E-state index is 5.73. The first-order valence-electron chi connectivity index (χ1n) is 26.3. The van der Waals surface area contributed by atoms with E-state index in [1.807, 2.05) is 48.5 Å². The van der Waals surface area contributed by atoms with Gasteiger partial charge in [0.25, 0.3) is 0 Å². The number of rotatable bonds is 11. The Kier molecular flexibility index (Phi) is 21.6. The molecular formula is C60H88N8. The summed E-state index contributed by atoms with van der Waals surface area (Å²) in [4.78, 5) is 10.2. The molecule has 0 aromatic heterocycles. The van der Waals surface area contributed by atoms with Crippen LogP contribution in [0.15, 0.2) is 127 Å². The van der Waals surface area contributed by atoms with Crippen molar-refractivity contribution in [1.82, 2.24) is 19.6 Å². The van der Waals surface area contributed by atoms with Gasteiger partial charge in [-0.1, -0.05) is 113 Å². The molecule has 4 aliphatic rings. The van der Waals surface area contributed by atoms with Crippen molar-refractivity contribution in [1.29, 1.82) is 0 Å². The van der Waals surface area contributed by atoms with Crippen LogP contribution < -0.4 is 22.9 Å². The zero-order valence-electron chi connectivity index (χ0n) is 42.5. The summed E-state index contributed by atoms with van der Waals surface area (Å²) < 4.78 is 0. The Bertz CT molecular complexity index is 2070. The van der Waals surface area contributed by atoms with Crippen LogP contribution in [0.2, 0.25) is 0 Å². The van der Waals surface area contributed by atoms with Gasteiger partial charge in [-0.2, -0.15) is 0 Å². The minimum Gasteiger partial charge on any atom is -0.399 e. The van der Waals surface area contributed by atoms with Gasteiger partial charge >= 0.3 is 0 Å². The second-order valence-electron chi connectivity index (χ2n) is 20.9. The molecule has 0 amide bonds. The van der Waals surface area contributed by atoms with Gasteiger partial charge in [0.15, 0.2) is 0 Å². The van der Waals surface area contributed by atoms with E-state index in [9.17, 15) is 0 Å². The normalized spacial score (nSPS) is 18.4. The predicted molar refractivity (Wildman–Crippen MR) is 292 cm³/mol. The number of hydrogen-bond donors (Lipinski definition) is 4. The van der Waals surface area contributed by atoms with Crippen molar-refractivity contribution in [3.05, 3.63) is 155 Å². The molecule has 0 unspecified atom stereocenters. The second-order valence-corrected chi connectivity index (χ2v) is 20.9. The molecule has 9 rings (SSSR count). The van der Waals surface area contributed by atoms with Crippen LogP contribution in [-0.4, -0.2) is 72.0 Å². The highest BCUT2D eigenvalue weighted by Crippen LogP contribution is 2.29. The van der Waals surface area contributed by atoms with Crippen molar-refractivity contribution in [3.8, 4) is 0 Å². The minimum absolute atomic E-state index is 0.735. The number of nitrogen functional groups attached to an aromatic ring is 4. The molecule has 8 nitrogen and oxygen atoms in total. The molecule has 8 N–H and O–H groups in total. The van der Waals surface area contributed by atoms with Gasteiger partial charge < -0.3 is 22.9 Å². The van der Waals surface area contributed by atoms with Crippen molar-refractivity contribution < 1.29 is 0 Å². The largest absolute Gasteiger partial charge is 0.399 e. The second kappa shape index (κ2) is 28.0. The van der Waals surface area contributed by atoms with E-state index >= 15 is 0 Å². The number of hydrogen-bond acceptors (Lipinski definition) is 8. The number of piperidine rings is 4. The molecule has 0 aliphatic carbocycles. The summed E-state index contributed by atoms with van der Waals surface area (Å²) in [6, 6.07) is 44.0. The van der Waals surface area contributed by atoms with Crippen LogP contribution >= 0.6 is 0 Å². The first-order chi connectivity index (χ1) is 33.0. The third kappa shape index (κ3) is 18.6. The summed E-state index contributed by atoms with van der Waals surface area (Å²) in [6.07, 6.45) is 12.0. The van der Waals surface area contributed by atoms with E-state index in [4.69, 9.17) is 22.9 Å². The first-order valence-corrected chi connectivity index (χ1v) is 26.3. The van der Waals surface area contributed by atoms with Crippen LogP contribution in [0.5, 0.6) is 0 Å². The monoisotopic (exact) mass is 921 g/mol. The fourth-order valence-electron chi connectivity index (χ4n) is 10.2. The van der Waals surface area contributed by atoms with Crippen LogP contribution in [0.1, 0.15) is 119 Å². The van der Waals surface area contributed by atoms with Gasteiger partial charge in [0, 0.05) is 48.9 Å². The molecular weight excluding hydrogens is 833 g/mol. The molecule has 5 aromatic rings. The molecule has 5 aromatic carbocycles. The highest BCUT2D eigenvalue weighted by molar-refractivity contribution is 5.41. The minimum atomic E-state index is 0.735. The Balaban J connectivity index is 0.000000150. The smallest absolute Gasteiger partial charge is 0.0314 e. The summed E-state index contributed by atoms with van der Waals surface area (Å²) in [5.74, 6) is 4.38. The van der Waals surface area contributed by atoms with E-state index in [1.54, 1.807) is 0 Å². The lowest BCUT2D eigenvalue weighted by Crippen LogP contribution is -2.34. The fraction of sp³-hybridized carbons (Fsp3) is 0.500. The molecule has 368 valence electrons. The van der Waals surface area contributed by atoms with Crippen molar-refractivity contribution in [3.63, 3.8) is 0 Å². The van der Waals surface area contributed by atoms with Crippen LogP contribution in [0, 0.1) is 23.7 Å². The molecule has 0 atom stereocenters. The van der Waals surface area contributed by atoms with Crippen LogP contribution in [-0.2, 0) is 26.2 Å². The zero-order valence-corrected chi connectivity index (χ0v) is 42.5. The van der Waals surface area contributed by atoms with E-state index in [-0.39, 0.29) is 0 Å². The predicted octanol–water partition coefficient (Wildman–Crippen LogP) is 12.2. The highest BCUT2D eigenvalue weighted by atomic mass is 15.1. The van der Waals surface area contributed by atoms with Gasteiger partial charge in [0.05, 0.1) is 0 Å². The molecule has 68 heavy (non-hydrogen) atoms. The van der Waals surface area contributed by atoms with Crippen molar-refractivity contribution in [2.45, 2.75) is 118 Å². The van der Waals surface area contributed by atoms with Gasteiger partial charge in [-0.25, -0.2) is 0 Å². The summed E-state index contributed by atoms with van der Waals surface area (Å²) in [7, 11) is 0. The Morgan fingerprint density at radius 2 is 0.721 bits per heavy atom. The van der Waals surface area contributed by atoms with Gasteiger partial charge in [-0.15, -0.1) is 0 Å².